The first kappa shape index (κ1) is 12.0. The van der Waals surface area contributed by atoms with Gasteiger partial charge in [0.1, 0.15) is 0 Å². The fourth-order valence-electron chi connectivity index (χ4n) is 1.92. The Morgan fingerprint density at radius 2 is 2.35 bits per heavy atom. The van der Waals surface area contributed by atoms with Gasteiger partial charge in [-0.25, -0.2) is 0 Å². The maximum absolute atomic E-state index is 10.8. The smallest absolute Gasteiger partial charge is 0.305 e. The minimum atomic E-state index is -0.763. The van der Waals surface area contributed by atoms with Crippen molar-refractivity contribution in [3.8, 4) is 0 Å². The zero-order chi connectivity index (χ0) is 12.3. The van der Waals surface area contributed by atoms with Crippen LogP contribution in [0.1, 0.15) is 17.7 Å². The van der Waals surface area contributed by atoms with Crippen LogP contribution in [0.2, 0.25) is 0 Å². The summed E-state index contributed by atoms with van der Waals surface area (Å²) in [6.07, 6.45) is 1.97. The molecule has 0 radical (unpaired) electrons. The van der Waals surface area contributed by atoms with Crippen molar-refractivity contribution < 1.29 is 9.90 Å². The second kappa shape index (κ2) is 4.81. The van der Waals surface area contributed by atoms with Crippen molar-refractivity contribution in [2.75, 3.05) is 13.1 Å². The van der Waals surface area contributed by atoms with Gasteiger partial charge in [0.25, 0.3) is 0 Å². The summed E-state index contributed by atoms with van der Waals surface area (Å²) in [6, 6.07) is 3.97. The van der Waals surface area contributed by atoms with Crippen molar-refractivity contribution in [1.29, 1.82) is 0 Å². The summed E-state index contributed by atoms with van der Waals surface area (Å²) in [6.45, 7) is 4.01. The van der Waals surface area contributed by atoms with Gasteiger partial charge in [0.05, 0.1) is 12.0 Å². The molecule has 17 heavy (non-hydrogen) atoms. The van der Waals surface area contributed by atoms with E-state index in [-0.39, 0.29) is 12.0 Å². The highest BCUT2D eigenvalue weighted by Gasteiger charge is 2.38. The summed E-state index contributed by atoms with van der Waals surface area (Å²) in [5, 5.41) is 15.3. The summed E-state index contributed by atoms with van der Waals surface area (Å²) in [4.78, 5) is 15.0. The molecule has 92 valence electrons. The Morgan fingerprint density at radius 1 is 1.59 bits per heavy atom. The van der Waals surface area contributed by atoms with Crippen LogP contribution in [-0.2, 0) is 11.3 Å². The largest absolute Gasteiger partial charge is 0.481 e. The number of carboxylic acid groups (broad SMARTS) is 1. The highest BCUT2D eigenvalue weighted by Crippen LogP contribution is 2.16. The number of carbonyl (C=O) groups is 1. The molecule has 0 atom stereocenters. The Hall–Kier alpha value is -1.46. The van der Waals surface area contributed by atoms with Crippen LogP contribution in [0.15, 0.2) is 18.3 Å². The third-order valence-electron chi connectivity index (χ3n) is 3.06. The van der Waals surface area contributed by atoms with Crippen LogP contribution in [0.5, 0.6) is 0 Å². The molecule has 5 nitrogen and oxygen atoms in total. The van der Waals surface area contributed by atoms with Gasteiger partial charge in [0.15, 0.2) is 0 Å². The molecule has 1 saturated heterocycles. The lowest BCUT2D eigenvalue weighted by Crippen LogP contribution is -2.68. The molecule has 3 N–H and O–H groups in total. The fourth-order valence-corrected chi connectivity index (χ4v) is 1.92. The second-order valence-electron chi connectivity index (χ2n) is 4.62. The zero-order valence-electron chi connectivity index (χ0n) is 9.86. The van der Waals surface area contributed by atoms with Crippen LogP contribution < -0.4 is 10.6 Å². The van der Waals surface area contributed by atoms with Crippen molar-refractivity contribution in [2.45, 2.75) is 25.4 Å². The minimum absolute atomic E-state index is 0.152. The molecule has 0 aromatic carbocycles. The predicted molar refractivity (Wildman–Crippen MR) is 63.7 cm³/mol. The van der Waals surface area contributed by atoms with Crippen LogP contribution in [-0.4, -0.2) is 34.7 Å². The minimum Gasteiger partial charge on any atom is -0.481 e. The molecule has 0 aliphatic carbocycles. The molecule has 0 saturated carbocycles. The molecule has 1 aliphatic rings. The quantitative estimate of drug-likeness (QED) is 0.684. The van der Waals surface area contributed by atoms with Gasteiger partial charge in [-0.3, -0.25) is 9.78 Å². The highest BCUT2D eigenvalue weighted by atomic mass is 16.4. The molecule has 0 amide bonds. The molecule has 2 rings (SSSR count). The van der Waals surface area contributed by atoms with E-state index in [2.05, 4.69) is 15.6 Å². The predicted octanol–water partition coefficient (Wildman–Crippen LogP) is 0.296. The second-order valence-corrected chi connectivity index (χ2v) is 4.62. The Labute approximate surface area is 100 Å². The number of rotatable bonds is 5. The first-order chi connectivity index (χ1) is 8.10. The third-order valence-corrected chi connectivity index (χ3v) is 3.06. The first-order valence-corrected chi connectivity index (χ1v) is 5.69. The first-order valence-electron chi connectivity index (χ1n) is 5.69. The number of nitrogens with one attached hydrogen (secondary N) is 2. The third kappa shape index (κ3) is 3.01. The Bertz CT molecular complexity index is 399. The molecular formula is C12H17N3O2. The number of carboxylic acids is 1. The Balaban J connectivity index is 1.92. The average molecular weight is 235 g/mol. The van der Waals surface area contributed by atoms with Gasteiger partial charge in [-0.05, 0) is 18.6 Å². The topological polar surface area (TPSA) is 74.2 Å². The van der Waals surface area contributed by atoms with Crippen molar-refractivity contribution >= 4 is 5.97 Å². The lowest BCUT2D eigenvalue weighted by Gasteiger charge is -2.42. The summed E-state index contributed by atoms with van der Waals surface area (Å²) in [7, 11) is 0. The average Bonchev–Trinajstić information content (AvgIpc) is 2.23. The summed E-state index contributed by atoms with van der Waals surface area (Å²) in [5.41, 5.74) is 1.77. The number of hydrogen-bond acceptors (Lipinski definition) is 4. The van der Waals surface area contributed by atoms with Crippen molar-refractivity contribution in [3.05, 3.63) is 29.6 Å². The molecule has 0 bridgehead atoms. The number of aliphatic carboxylic acids is 1. The lowest BCUT2D eigenvalue weighted by atomic mass is 9.88. The summed E-state index contributed by atoms with van der Waals surface area (Å²) < 4.78 is 0. The normalized spacial score (nSPS) is 17.5. The number of aryl methyl sites for hydroxylation is 1. The molecule has 5 heteroatoms. The highest BCUT2D eigenvalue weighted by molar-refractivity contribution is 5.68. The molecule has 1 aromatic heterocycles. The van der Waals surface area contributed by atoms with Crippen LogP contribution in [0.3, 0.4) is 0 Å². The maximum atomic E-state index is 10.8. The van der Waals surface area contributed by atoms with E-state index in [4.69, 9.17) is 5.11 Å². The molecule has 1 fully saturated rings. The van der Waals surface area contributed by atoms with E-state index in [0.29, 0.717) is 19.6 Å². The number of aromatic nitrogens is 1. The van der Waals surface area contributed by atoms with Crippen LogP contribution in [0.25, 0.3) is 0 Å². The molecular weight excluding hydrogens is 218 g/mol. The van der Waals surface area contributed by atoms with E-state index >= 15 is 0 Å². The van der Waals surface area contributed by atoms with E-state index in [1.165, 1.54) is 0 Å². The van der Waals surface area contributed by atoms with E-state index in [9.17, 15) is 4.79 Å². The van der Waals surface area contributed by atoms with Gasteiger partial charge in [-0.1, -0.05) is 6.07 Å². The van der Waals surface area contributed by atoms with Gasteiger partial charge >= 0.3 is 5.97 Å². The Morgan fingerprint density at radius 3 is 2.82 bits per heavy atom. The van der Waals surface area contributed by atoms with E-state index < -0.39 is 5.97 Å². The standard InChI is InChI=1S/C12H17N3O2/c1-9-2-3-10(5-14-9)6-15-12(4-11(16)17)7-13-8-12/h2-3,5,13,15H,4,6-8H2,1H3,(H,16,17). The molecule has 1 aromatic rings. The molecule has 0 unspecified atom stereocenters. The van der Waals surface area contributed by atoms with Gasteiger partial charge in [-0.15, -0.1) is 0 Å². The summed E-state index contributed by atoms with van der Waals surface area (Å²) in [5.74, 6) is -0.763. The maximum Gasteiger partial charge on any atom is 0.305 e. The van der Waals surface area contributed by atoms with Crippen molar-refractivity contribution in [2.24, 2.45) is 0 Å². The van der Waals surface area contributed by atoms with E-state index in [1.807, 2.05) is 25.3 Å². The monoisotopic (exact) mass is 235 g/mol. The SMILES string of the molecule is Cc1ccc(CNC2(CC(=O)O)CNC2)cn1. The fraction of sp³-hybridized carbons (Fsp3) is 0.500. The lowest BCUT2D eigenvalue weighted by molar-refractivity contribution is -0.139. The molecule has 2 heterocycles. The van der Waals surface area contributed by atoms with Crippen molar-refractivity contribution in [3.63, 3.8) is 0 Å². The van der Waals surface area contributed by atoms with Gasteiger partial charge in [0.2, 0.25) is 0 Å². The van der Waals surface area contributed by atoms with E-state index in [0.717, 1.165) is 11.3 Å². The number of pyridine rings is 1. The zero-order valence-corrected chi connectivity index (χ0v) is 9.86. The van der Waals surface area contributed by atoms with E-state index in [1.54, 1.807) is 0 Å². The summed E-state index contributed by atoms with van der Waals surface area (Å²) >= 11 is 0. The number of nitrogens with zero attached hydrogens (tertiary/aromatic N) is 1. The van der Waals surface area contributed by atoms with Gasteiger partial charge in [0, 0.05) is 31.5 Å². The molecule has 0 spiro atoms. The van der Waals surface area contributed by atoms with Crippen LogP contribution >= 0.6 is 0 Å². The van der Waals surface area contributed by atoms with Crippen LogP contribution in [0.4, 0.5) is 0 Å². The van der Waals surface area contributed by atoms with Gasteiger partial charge < -0.3 is 15.7 Å². The van der Waals surface area contributed by atoms with Crippen LogP contribution in [0, 0.1) is 6.92 Å². The van der Waals surface area contributed by atoms with Gasteiger partial charge in [-0.2, -0.15) is 0 Å². The Kier molecular flexibility index (Phi) is 3.40. The molecule has 1 aliphatic heterocycles. The number of hydrogen-bond donors (Lipinski definition) is 3. The van der Waals surface area contributed by atoms with Crippen molar-refractivity contribution in [1.82, 2.24) is 15.6 Å².